The van der Waals surface area contributed by atoms with Crippen LogP contribution >= 0.6 is 0 Å². The molecule has 1 aliphatic heterocycles. The number of aliphatic carboxylic acids is 1. The molecular formula is C13H22N2O3. The molecule has 2 aliphatic rings. The van der Waals surface area contributed by atoms with Gasteiger partial charge in [0, 0.05) is 18.6 Å². The Hall–Kier alpha value is -1.26. The lowest BCUT2D eigenvalue weighted by atomic mass is 10.00. The molecule has 18 heavy (non-hydrogen) atoms. The van der Waals surface area contributed by atoms with E-state index in [0.29, 0.717) is 6.54 Å². The topological polar surface area (TPSA) is 69.6 Å². The van der Waals surface area contributed by atoms with Gasteiger partial charge in [0.25, 0.3) is 0 Å². The van der Waals surface area contributed by atoms with Crippen molar-refractivity contribution in [2.24, 2.45) is 5.41 Å². The maximum absolute atomic E-state index is 12.2. The van der Waals surface area contributed by atoms with Crippen LogP contribution in [0.5, 0.6) is 0 Å². The van der Waals surface area contributed by atoms with Gasteiger partial charge in [-0.25, -0.2) is 4.79 Å². The first kappa shape index (κ1) is 13.2. The minimum Gasteiger partial charge on any atom is -0.481 e. The van der Waals surface area contributed by atoms with Gasteiger partial charge in [-0.15, -0.1) is 0 Å². The van der Waals surface area contributed by atoms with Crippen LogP contribution in [0, 0.1) is 5.41 Å². The maximum Gasteiger partial charge on any atom is 0.317 e. The molecule has 0 aromatic heterocycles. The molecule has 0 spiro atoms. The average Bonchev–Trinajstić information content (AvgIpc) is 2.85. The Labute approximate surface area is 108 Å². The molecular weight excluding hydrogens is 232 g/mol. The molecule has 2 fully saturated rings. The minimum atomic E-state index is -0.827. The summed E-state index contributed by atoms with van der Waals surface area (Å²) in [5, 5.41) is 11.9. The number of piperidine rings is 1. The number of carboxylic acids is 1. The Morgan fingerprint density at radius 2 is 2.06 bits per heavy atom. The highest BCUT2D eigenvalue weighted by atomic mass is 16.4. The third-order valence-corrected chi connectivity index (χ3v) is 4.11. The largest absolute Gasteiger partial charge is 0.481 e. The van der Waals surface area contributed by atoms with Crippen LogP contribution in [0.3, 0.4) is 0 Å². The van der Waals surface area contributed by atoms with E-state index in [4.69, 9.17) is 5.11 Å². The van der Waals surface area contributed by atoms with Crippen molar-refractivity contribution in [3.05, 3.63) is 0 Å². The lowest BCUT2D eigenvalue weighted by Gasteiger charge is -2.35. The van der Waals surface area contributed by atoms with Crippen LogP contribution in [0.15, 0.2) is 0 Å². The molecule has 0 aromatic carbocycles. The molecule has 2 rings (SSSR count). The second-order valence-corrected chi connectivity index (χ2v) is 6.14. The van der Waals surface area contributed by atoms with Crippen molar-refractivity contribution < 1.29 is 14.7 Å². The van der Waals surface area contributed by atoms with Crippen molar-refractivity contribution in [1.82, 2.24) is 10.2 Å². The number of hydrogen-bond acceptors (Lipinski definition) is 2. The average molecular weight is 254 g/mol. The molecule has 0 bridgehead atoms. The maximum atomic E-state index is 12.2. The first-order valence-corrected chi connectivity index (χ1v) is 6.69. The van der Waals surface area contributed by atoms with Crippen LogP contribution in [-0.2, 0) is 4.79 Å². The van der Waals surface area contributed by atoms with Crippen LogP contribution in [0.4, 0.5) is 4.79 Å². The standard InChI is InChI=1S/C13H22N2O3/c1-13(2)8-10(13)14-12(18)15-6-4-3-5-9(15)7-11(16)17/h9-10H,3-8H2,1-2H3,(H,14,18)(H,16,17). The summed E-state index contributed by atoms with van der Waals surface area (Å²) in [6.45, 7) is 4.93. The van der Waals surface area contributed by atoms with Gasteiger partial charge in [-0.2, -0.15) is 0 Å². The zero-order chi connectivity index (χ0) is 13.3. The van der Waals surface area contributed by atoms with Gasteiger partial charge in [-0.3, -0.25) is 4.79 Å². The fourth-order valence-corrected chi connectivity index (χ4v) is 2.63. The van der Waals surface area contributed by atoms with Crippen LogP contribution in [-0.4, -0.2) is 40.6 Å². The van der Waals surface area contributed by atoms with E-state index < -0.39 is 5.97 Å². The highest BCUT2D eigenvalue weighted by Gasteiger charge is 2.47. The molecule has 5 nitrogen and oxygen atoms in total. The van der Waals surface area contributed by atoms with Crippen LogP contribution in [0.25, 0.3) is 0 Å². The lowest BCUT2D eigenvalue weighted by molar-refractivity contribution is -0.138. The van der Waals surface area contributed by atoms with Crippen molar-refractivity contribution in [3.8, 4) is 0 Å². The van der Waals surface area contributed by atoms with Gasteiger partial charge < -0.3 is 15.3 Å². The van der Waals surface area contributed by atoms with E-state index in [1.165, 1.54) is 0 Å². The third-order valence-electron chi connectivity index (χ3n) is 4.11. The third kappa shape index (κ3) is 2.94. The van der Waals surface area contributed by atoms with E-state index in [-0.39, 0.29) is 30.0 Å². The van der Waals surface area contributed by atoms with Gasteiger partial charge in [0.15, 0.2) is 0 Å². The zero-order valence-corrected chi connectivity index (χ0v) is 11.1. The fraction of sp³-hybridized carbons (Fsp3) is 0.846. The van der Waals surface area contributed by atoms with Gasteiger partial charge in [0.05, 0.1) is 6.42 Å². The van der Waals surface area contributed by atoms with Crippen molar-refractivity contribution in [3.63, 3.8) is 0 Å². The second kappa shape index (κ2) is 4.78. The molecule has 5 heteroatoms. The van der Waals surface area contributed by atoms with Crippen LogP contribution < -0.4 is 5.32 Å². The number of amides is 2. The molecule has 2 unspecified atom stereocenters. The second-order valence-electron chi connectivity index (χ2n) is 6.14. The smallest absolute Gasteiger partial charge is 0.317 e. The van der Waals surface area contributed by atoms with E-state index in [1.807, 2.05) is 0 Å². The van der Waals surface area contributed by atoms with Crippen molar-refractivity contribution in [2.45, 2.75) is 58.0 Å². The normalized spacial score (nSPS) is 29.8. The first-order valence-electron chi connectivity index (χ1n) is 6.69. The van der Waals surface area contributed by atoms with E-state index in [2.05, 4.69) is 19.2 Å². The quantitative estimate of drug-likeness (QED) is 0.807. The Morgan fingerprint density at radius 1 is 1.39 bits per heavy atom. The highest BCUT2D eigenvalue weighted by molar-refractivity contribution is 5.77. The molecule has 1 saturated carbocycles. The van der Waals surface area contributed by atoms with Crippen molar-refractivity contribution in [2.75, 3.05) is 6.54 Å². The molecule has 1 saturated heterocycles. The van der Waals surface area contributed by atoms with Crippen molar-refractivity contribution in [1.29, 1.82) is 0 Å². The number of hydrogen-bond donors (Lipinski definition) is 2. The van der Waals surface area contributed by atoms with Gasteiger partial charge in [-0.1, -0.05) is 13.8 Å². The molecule has 0 aromatic rings. The number of nitrogens with one attached hydrogen (secondary N) is 1. The summed E-state index contributed by atoms with van der Waals surface area (Å²) in [5.74, 6) is -0.827. The Bertz CT molecular complexity index is 354. The first-order chi connectivity index (χ1) is 8.40. The minimum absolute atomic E-state index is 0.0570. The lowest BCUT2D eigenvalue weighted by Crippen LogP contribution is -2.50. The summed E-state index contributed by atoms with van der Waals surface area (Å²) in [4.78, 5) is 24.7. The summed E-state index contributed by atoms with van der Waals surface area (Å²) in [7, 11) is 0. The summed E-state index contributed by atoms with van der Waals surface area (Å²) in [5.41, 5.74) is 0.202. The molecule has 2 atom stereocenters. The molecule has 2 N–H and O–H groups in total. The van der Waals surface area contributed by atoms with Crippen LogP contribution in [0.2, 0.25) is 0 Å². The molecule has 1 aliphatic carbocycles. The number of carbonyl (C=O) groups excluding carboxylic acids is 1. The van der Waals surface area contributed by atoms with E-state index in [9.17, 15) is 9.59 Å². The number of urea groups is 1. The molecule has 0 radical (unpaired) electrons. The van der Waals surface area contributed by atoms with E-state index >= 15 is 0 Å². The van der Waals surface area contributed by atoms with Gasteiger partial charge in [0.1, 0.15) is 0 Å². The Balaban J connectivity index is 1.91. The molecule has 102 valence electrons. The number of carboxylic acid groups (broad SMARTS) is 1. The highest BCUT2D eigenvalue weighted by Crippen LogP contribution is 2.44. The number of carbonyl (C=O) groups is 2. The monoisotopic (exact) mass is 254 g/mol. The van der Waals surface area contributed by atoms with E-state index in [1.54, 1.807) is 4.90 Å². The Morgan fingerprint density at radius 3 is 2.61 bits per heavy atom. The predicted molar refractivity (Wildman–Crippen MR) is 67.3 cm³/mol. The number of rotatable bonds is 3. The Kier molecular flexibility index (Phi) is 3.50. The summed E-state index contributed by atoms with van der Waals surface area (Å²) < 4.78 is 0. The molecule has 2 amide bonds. The SMILES string of the molecule is CC1(C)CC1NC(=O)N1CCCCC1CC(=O)O. The fourth-order valence-electron chi connectivity index (χ4n) is 2.63. The van der Waals surface area contributed by atoms with Crippen molar-refractivity contribution >= 4 is 12.0 Å². The molecule has 1 heterocycles. The number of likely N-dealkylation sites (tertiary alicyclic amines) is 1. The summed E-state index contributed by atoms with van der Waals surface area (Å²) in [6, 6.07) is 0.0204. The van der Waals surface area contributed by atoms with Gasteiger partial charge >= 0.3 is 12.0 Å². The van der Waals surface area contributed by atoms with Crippen LogP contribution in [0.1, 0.15) is 46.0 Å². The predicted octanol–water partition coefficient (Wildman–Crippen LogP) is 1.82. The summed E-state index contributed by atoms with van der Waals surface area (Å²) >= 11 is 0. The number of nitrogens with zero attached hydrogens (tertiary/aromatic N) is 1. The summed E-state index contributed by atoms with van der Waals surface area (Å²) in [6.07, 6.45) is 3.85. The van der Waals surface area contributed by atoms with Gasteiger partial charge in [-0.05, 0) is 31.1 Å². The van der Waals surface area contributed by atoms with E-state index in [0.717, 1.165) is 25.7 Å². The van der Waals surface area contributed by atoms with Gasteiger partial charge in [0.2, 0.25) is 0 Å². The zero-order valence-electron chi connectivity index (χ0n) is 11.1.